The predicted molar refractivity (Wildman–Crippen MR) is 91.8 cm³/mol. The lowest BCUT2D eigenvalue weighted by Gasteiger charge is -2.22. The van der Waals surface area contributed by atoms with E-state index in [2.05, 4.69) is 0 Å². The molecule has 1 N–H and O–H groups in total. The van der Waals surface area contributed by atoms with Crippen LogP contribution >= 0.6 is 0 Å². The Balaban J connectivity index is 1.86. The average molecular weight is 366 g/mol. The number of rotatable bonds is 4. The van der Waals surface area contributed by atoms with Gasteiger partial charge in [-0.3, -0.25) is 9.59 Å². The van der Waals surface area contributed by atoms with Gasteiger partial charge in [-0.1, -0.05) is 6.07 Å². The number of carboxylic acids is 1. The van der Waals surface area contributed by atoms with Crippen LogP contribution in [0.1, 0.15) is 24.8 Å². The maximum absolute atomic E-state index is 12.8. The Kier molecular flexibility index (Phi) is 4.59. The van der Waals surface area contributed by atoms with Crippen LogP contribution in [0.3, 0.4) is 0 Å². The van der Waals surface area contributed by atoms with Crippen LogP contribution < -0.4 is 4.90 Å². The highest BCUT2D eigenvalue weighted by Gasteiger charge is 2.38. The van der Waals surface area contributed by atoms with Crippen molar-refractivity contribution >= 4 is 27.6 Å². The second-order valence-electron chi connectivity index (χ2n) is 6.86. The maximum Gasteiger partial charge on any atom is 0.306 e. The number of hydrogen-bond acceptors (Lipinski definition) is 4. The summed E-state index contributed by atoms with van der Waals surface area (Å²) in [6, 6.07) is 4.88. The van der Waals surface area contributed by atoms with Gasteiger partial charge >= 0.3 is 5.97 Å². The molecular formula is C17H22N2O5S. The van der Waals surface area contributed by atoms with E-state index in [4.69, 9.17) is 5.11 Å². The van der Waals surface area contributed by atoms with Gasteiger partial charge in [-0.25, -0.2) is 12.7 Å². The van der Waals surface area contributed by atoms with E-state index in [1.165, 1.54) is 14.1 Å². The topological polar surface area (TPSA) is 95.0 Å². The second kappa shape index (κ2) is 6.42. The normalized spacial score (nSPS) is 23.1. The van der Waals surface area contributed by atoms with Crippen LogP contribution in [0.25, 0.3) is 0 Å². The second-order valence-corrected chi connectivity index (χ2v) is 9.01. The van der Waals surface area contributed by atoms with E-state index in [-0.39, 0.29) is 16.7 Å². The molecule has 2 atom stereocenters. The lowest BCUT2D eigenvalue weighted by molar-refractivity contribution is -0.141. The van der Waals surface area contributed by atoms with Crippen LogP contribution in [0.5, 0.6) is 0 Å². The van der Waals surface area contributed by atoms with Crippen molar-refractivity contribution < 1.29 is 23.1 Å². The van der Waals surface area contributed by atoms with E-state index in [1.807, 2.05) is 0 Å². The van der Waals surface area contributed by atoms with Crippen LogP contribution in [0.2, 0.25) is 0 Å². The molecule has 136 valence electrons. The number of amides is 1. The predicted octanol–water partition coefficient (Wildman–Crippen LogP) is 1.33. The Bertz CT molecular complexity index is 818. The zero-order valence-electron chi connectivity index (χ0n) is 14.3. The summed E-state index contributed by atoms with van der Waals surface area (Å²) in [5.74, 6) is -1.71. The van der Waals surface area contributed by atoms with Gasteiger partial charge in [0, 0.05) is 32.2 Å². The highest BCUT2D eigenvalue weighted by atomic mass is 32.2. The van der Waals surface area contributed by atoms with Crippen LogP contribution in [0, 0.1) is 11.8 Å². The largest absolute Gasteiger partial charge is 0.481 e. The Labute approximate surface area is 147 Å². The summed E-state index contributed by atoms with van der Waals surface area (Å²) < 4.78 is 25.8. The number of carboxylic acid groups (broad SMARTS) is 1. The number of carbonyl (C=O) groups is 2. The van der Waals surface area contributed by atoms with Gasteiger partial charge in [0.2, 0.25) is 15.9 Å². The third kappa shape index (κ3) is 3.16. The first-order chi connectivity index (χ1) is 11.7. The summed E-state index contributed by atoms with van der Waals surface area (Å²) in [6.07, 6.45) is 2.12. The van der Waals surface area contributed by atoms with Crippen LogP contribution in [-0.4, -0.2) is 50.3 Å². The van der Waals surface area contributed by atoms with Gasteiger partial charge in [-0.2, -0.15) is 0 Å². The summed E-state index contributed by atoms with van der Waals surface area (Å²) in [5.41, 5.74) is 1.57. The molecule has 0 aromatic heterocycles. The van der Waals surface area contributed by atoms with Crippen molar-refractivity contribution in [3.8, 4) is 0 Å². The first-order valence-corrected chi connectivity index (χ1v) is 9.75. The molecule has 0 radical (unpaired) electrons. The molecule has 1 fully saturated rings. The molecule has 1 aromatic rings. The summed E-state index contributed by atoms with van der Waals surface area (Å²) in [5, 5.41) is 9.12. The van der Waals surface area contributed by atoms with Crippen molar-refractivity contribution in [2.45, 2.75) is 30.6 Å². The fourth-order valence-electron chi connectivity index (χ4n) is 3.61. The van der Waals surface area contributed by atoms with Gasteiger partial charge in [0.15, 0.2) is 0 Å². The number of nitrogens with zero attached hydrogens (tertiary/aromatic N) is 2. The van der Waals surface area contributed by atoms with E-state index in [0.29, 0.717) is 37.9 Å². The van der Waals surface area contributed by atoms with Gasteiger partial charge in [-0.05, 0) is 43.4 Å². The molecule has 8 heteroatoms. The molecule has 1 amide bonds. The van der Waals surface area contributed by atoms with Gasteiger partial charge in [0.25, 0.3) is 0 Å². The van der Waals surface area contributed by atoms with E-state index in [9.17, 15) is 18.0 Å². The summed E-state index contributed by atoms with van der Waals surface area (Å²) in [6.45, 7) is 0.508. The average Bonchev–Trinajstić information content (AvgIpc) is 3.20. The fraction of sp³-hybridized carbons (Fsp3) is 0.529. The standard InChI is InChI=1S/C17H22N2O5S/c1-18(2)25(23,24)14-6-5-11-7-8-19(15(11)10-14)16(20)12-3-4-13(9-12)17(21)22/h5-6,10,12-13H,3-4,7-9H2,1-2H3,(H,21,22)/t12-,13+/m1/s1. The molecule has 1 aliphatic heterocycles. The maximum atomic E-state index is 12.8. The molecule has 0 saturated heterocycles. The molecule has 25 heavy (non-hydrogen) atoms. The lowest BCUT2D eigenvalue weighted by Crippen LogP contribution is -2.34. The molecular weight excluding hydrogens is 344 g/mol. The van der Waals surface area contributed by atoms with E-state index in [0.717, 1.165) is 9.87 Å². The Morgan fingerprint density at radius 3 is 2.48 bits per heavy atom. The van der Waals surface area contributed by atoms with Gasteiger partial charge in [0.05, 0.1) is 10.8 Å². The number of sulfonamides is 1. The molecule has 2 aliphatic rings. The fourth-order valence-corrected chi connectivity index (χ4v) is 4.53. The Hall–Kier alpha value is -1.93. The molecule has 1 aromatic carbocycles. The third-order valence-corrected chi connectivity index (χ3v) is 6.94. The van der Waals surface area contributed by atoms with Crippen LogP contribution in [0.4, 0.5) is 5.69 Å². The van der Waals surface area contributed by atoms with Crippen molar-refractivity contribution in [3.05, 3.63) is 23.8 Å². The van der Waals surface area contributed by atoms with Crippen molar-refractivity contribution in [2.75, 3.05) is 25.5 Å². The minimum atomic E-state index is -3.57. The van der Waals surface area contributed by atoms with Crippen LogP contribution in [0.15, 0.2) is 23.1 Å². The SMILES string of the molecule is CN(C)S(=O)(=O)c1ccc2c(c1)N(C(=O)[C@@H]1CC[C@H](C(=O)O)C1)CC2. The molecule has 1 heterocycles. The number of fused-ring (bicyclic) bond motifs is 1. The quantitative estimate of drug-likeness (QED) is 0.867. The molecule has 1 saturated carbocycles. The first kappa shape index (κ1) is 17.9. The smallest absolute Gasteiger partial charge is 0.306 e. The van der Waals surface area contributed by atoms with E-state index >= 15 is 0 Å². The number of anilines is 1. The highest BCUT2D eigenvalue weighted by molar-refractivity contribution is 7.89. The summed E-state index contributed by atoms with van der Waals surface area (Å²) >= 11 is 0. The number of benzene rings is 1. The van der Waals surface area contributed by atoms with Gasteiger partial charge < -0.3 is 10.0 Å². The van der Waals surface area contributed by atoms with Gasteiger partial charge in [0.1, 0.15) is 0 Å². The molecule has 1 aliphatic carbocycles. The number of hydrogen-bond donors (Lipinski definition) is 1. The molecule has 0 bridgehead atoms. The number of carbonyl (C=O) groups excluding carboxylic acids is 1. The van der Waals surface area contributed by atoms with E-state index < -0.39 is 21.9 Å². The summed E-state index contributed by atoms with van der Waals surface area (Å²) in [7, 11) is -0.632. The first-order valence-electron chi connectivity index (χ1n) is 8.31. The monoisotopic (exact) mass is 366 g/mol. The Morgan fingerprint density at radius 1 is 1.20 bits per heavy atom. The molecule has 7 nitrogen and oxygen atoms in total. The minimum absolute atomic E-state index is 0.0955. The molecule has 3 rings (SSSR count). The summed E-state index contributed by atoms with van der Waals surface area (Å²) in [4.78, 5) is 25.7. The zero-order valence-corrected chi connectivity index (χ0v) is 15.1. The van der Waals surface area contributed by atoms with Crippen molar-refractivity contribution in [1.29, 1.82) is 0 Å². The lowest BCUT2D eigenvalue weighted by atomic mass is 10.0. The van der Waals surface area contributed by atoms with Crippen LogP contribution in [-0.2, 0) is 26.0 Å². The van der Waals surface area contributed by atoms with Crippen molar-refractivity contribution in [3.63, 3.8) is 0 Å². The van der Waals surface area contributed by atoms with Crippen molar-refractivity contribution in [2.24, 2.45) is 11.8 Å². The minimum Gasteiger partial charge on any atom is -0.481 e. The molecule has 0 spiro atoms. The molecule has 0 unspecified atom stereocenters. The Morgan fingerprint density at radius 2 is 1.88 bits per heavy atom. The number of aliphatic carboxylic acids is 1. The van der Waals surface area contributed by atoms with Crippen molar-refractivity contribution in [1.82, 2.24) is 4.31 Å². The highest BCUT2D eigenvalue weighted by Crippen LogP contribution is 2.37. The van der Waals surface area contributed by atoms with E-state index in [1.54, 1.807) is 23.1 Å². The van der Waals surface area contributed by atoms with Gasteiger partial charge in [-0.15, -0.1) is 0 Å². The third-order valence-electron chi connectivity index (χ3n) is 5.13. The zero-order chi connectivity index (χ0) is 18.4.